The molecule has 0 aromatic carbocycles. The Morgan fingerprint density at radius 1 is 1.75 bits per heavy atom. The third-order valence-electron chi connectivity index (χ3n) is 2.02. The smallest absolute Gasteiger partial charge is 0.236 e. The van der Waals surface area contributed by atoms with E-state index in [4.69, 9.17) is 5.73 Å². The van der Waals surface area contributed by atoms with Gasteiger partial charge in [0.05, 0.1) is 6.04 Å². The maximum atomic E-state index is 11.5. The number of thioether (sulfide) groups is 1. The highest BCUT2D eigenvalue weighted by atomic mass is 32.2. The fraction of sp³-hybridized carbons (Fsp3) is 0.667. The van der Waals surface area contributed by atoms with Crippen LogP contribution in [0, 0.1) is 0 Å². The van der Waals surface area contributed by atoms with Gasteiger partial charge in [-0.15, -0.1) is 0 Å². The van der Waals surface area contributed by atoms with E-state index in [9.17, 15) is 4.79 Å². The van der Waals surface area contributed by atoms with Crippen molar-refractivity contribution in [1.82, 2.24) is 15.5 Å². The highest BCUT2D eigenvalue weighted by molar-refractivity contribution is 7.98. The highest BCUT2D eigenvalue weighted by Gasteiger charge is 2.12. The molecule has 1 heterocycles. The van der Waals surface area contributed by atoms with Gasteiger partial charge in [0.2, 0.25) is 12.3 Å². The number of hydrogen-bond donors (Lipinski definition) is 2. The van der Waals surface area contributed by atoms with Crippen molar-refractivity contribution in [2.24, 2.45) is 5.73 Å². The van der Waals surface area contributed by atoms with Crippen molar-refractivity contribution in [1.29, 1.82) is 0 Å². The predicted molar refractivity (Wildman–Crippen MR) is 62.0 cm³/mol. The third kappa shape index (κ3) is 4.63. The molecule has 6 nitrogen and oxygen atoms in total. The van der Waals surface area contributed by atoms with Gasteiger partial charge in [0.1, 0.15) is 0 Å². The fourth-order valence-corrected chi connectivity index (χ4v) is 1.60. The average Bonchev–Trinajstić information content (AvgIpc) is 2.78. The van der Waals surface area contributed by atoms with Crippen molar-refractivity contribution >= 4 is 17.7 Å². The Labute approximate surface area is 98.3 Å². The van der Waals surface area contributed by atoms with E-state index in [1.807, 2.05) is 6.26 Å². The molecule has 0 aliphatic rings. The van der Waals surface area contributed by atoms with Crippen molar-refractivity contribution in [2.75, 3.05) is 18.6 Å². The number of nitrogens with two attached hydrogens (primary N) is 1. The van der Waals surface area contributed by atoms with Crippen molar-refractivity contribution in [3.8, 4) is 0 Å². The molecule has 1 aromatic rings. The molecule has 90 valence electrons. The Kier molecular flexibility index (Phi) is 5.87. The third-order valence-corrected chi connectivity index (χ3v) is 2.67. The van der Waals surface area contributed by atoms with Crippen molar-refractivity contribution in [2.45, 2.75) is 18.9 Å². The van der Waals surface area contributed by atoms with Crippen LogP contribution in [0.3, 0.4) is 0 Å². The van der Waals surface area contributed by atoms with Crippen LogP contribution in [0.5, 0.6) is 0 Å². The second kappa shape index (κ2) is 7.24. The van der Waals surface area contributed by atoms with Crippen LogP contribution in [0.2, 0.25) is 0 Å². The van der Waals surface area contributed by atoms with E-state index in [-0.39, 0.29) is 5.91 Å². The molecule has 0 saturated heterocycles. The van der Waals surface area contributed by atoms with E-state index in [0.717, 1.165) is 5.75 Å². The lowest BCUT2D eigenvalue weighted by Gasteiger charge is -2.10. The van der Waals surface area contributed by atoms with Crippen molar-refractivity contribution < 1.29 is 9.32 Å². The average molecular weight is 244 g/mol. The van der Waals surface area contributed by atoms with E-state index in [1.165, 1.54) is 6.39 Å². The summed E-state index contributed by atoms with van der Waals surface area (Å²) in [5.74, 6) is 1.34. The number of aromatic nitrogens is 2. The fourth-order valence-electron chi connectivity index (χ4n) is 1.11. The van der Waals surface area contributed by atoms with Gasteiger partial charge in [0, 0.05) is 13.0 Å². The van der Waals surface area contributed by atoms with Gasteiger partial charge in [-0.25, -0.2) is 0 Å². The molecule has 0 aliphatic heterocycles. The van der Waals surface area contributed by atoms with Crippen LogP contribution in [0.15, 0.2) is 10.9 Å². The molecular weight excluding hydrogens is 228 g/mol. The van der Waals surface area contributed by atoms with Crippen molar-refractivity contribution in [3.05, 3.63) is 12.2 Å². The molecule has 16 heavy (non-hydrogen) atoms. The summed E-state index contributed by atoms with van der Waals surface area (Å²) in [6.07, 6.45) is 4.49. The molecule has 0 unspecified atom stereocenters. The van der Waals surface area contributed by atoms with Crippen LogP contribution in [0.25, 0.3) is 0 Å². The first-order chi connectivity index (χ1) is 7.74. The first-order valence-corrected chi connectivity index (χ1v) is 6.41. The summed E-state index contributed by atoms with van der Waals surface area (Å²) in [6.45, 7) is 0.478. The van der Waals surface area contributed by atoms with E-state index in [2.05, 4.69) is 20.0 Å². The first kappa shape index (κ1) is 13.0. The lowest BCUT2D eigenvalue weighted by molar-refractivity contribution is -0.122. The standard InChI is InChI=1S/C9H16N4O2S/c1-16-5-3-7(10)9(14)11-4-2-8-12-6-15-13-8/h6-7H,2-5,10H2,1H3,(H,11,14)/t7-/m1/s1. The van der Waals surface area contributed by atoms with E-state index < -0.39 is 6.04 Å². The van der Waals surface area contributed by atoms with Gasteiger partial charge in [-0.1, -0.05) is 5.16 Å². The Hall–Kier alpha value is -1.08. The number of nitrogens with one attached hydrogen (secondary N) is 1. The number of carbonyl (C=O) groups excluding carboxylic acids is 1. The van der Waals surface area contributed by atoms with Gasteiger partial charge in [-0.05, 0) is 18.4 Å². The molecule has 0 saturated carbocycles. The van der Waals surface area contributed by atoms with Gasteiger partial charge >= 0.3 is 0 Å². The van der Waals surface area contributed by atoms with Crippen LogP contribution in [0.4, 0.5) is 0 Å². The number of rotatable bonds is 7. The zero-order valence-electron chi connectivity index (χ0n) is 9.18. The molecule has 0 fully saturated rings. The number of carbonyl (C=O) groups is 1. The van der Waals surface area contributed by atoms with Gasteiger partial charge in [-0.3, -0.25) is 4.79 Å². The van der Waals surface area contributed by atoms with E-state index in [1.54, 1.807) is 11.8 Å². The molecule has 1 aromatic heterocycles. The molecule has 3 N–H and O–H groups in total. The second-order valence-electron chi connectivity index (χ2n) is 3.28. The summed E-state index contributed by atoms with van der Waals surface area (Å²) in [5, 5.41) is 6.37. The second-order valence-corrected chi connectivity index (χ2v) is 4.26. The van der Waals surface area contributed by atoms with Crippen molar-refractivity contribution in [3.63, 3.8) is 0 Å². The zero-order valence-corrected chi connectivity index (χ0v) is 10.00. The quantitative estimate of drug-likeness (QED) is 0.690. The molecule has 0 aliphatic carbocycles. The lowest BCUT2D eigenvalue weighted by Crippen LogP contribution is -2.41. The summed E-state index contributed by atoms with van der Waals surface area (Å²) < 4.78 is 4.57. The first-order valence-electron chi connectivity index (χ1n) is 5.01. The molecule has 0 spiro atoms. The maximum Gasteiger partial charge on any atom is 0.236 e. The number of nitrogens with zero attached hydrogens (tertiary/aromatic N) is 2. The maximum absolute atomic E-state index is 11.5. The van der Waals surface area contributed by atoms with Crippen LogP contribution in [0.1, 0.15) is 12.2 Å². The molecule has 1 amide bonds. The number of amides is 1. The predicted octanol–water partition coefficient (Wildman–Crippen LogP) is -0.191. The number of hydrogen-bond acceptors (Lipinski definition) is 6. The van der Waals surface area contributed by atoms with Crippen LogP contribution < -0.4 is 11.1 Å². The van der Waals surface area contributed by atoms with E-state index in [0.29, 0.717) is 25.2 Å². The summed E-state index contributed by atoms with van der Waals surface area (Å²) >= 11 is 1.68. The topological polar surface area (TPSA) is 94.0 Å². The highest BCUT2D eigenvalue weighted by Crippen LogP contribution is 1.98. The SMILES string of the molecule is CSCC[C@@H](N)C(=O)NCCc1ncon1. The molecule has 0 radical (unpaired) electrons. The van der Waals surface area contributed by atoms with Gasteiger partial charge in [-0.2, -0.15) is 16.7 Å². The zero-order chi connectivity index (χ0) is 11.8. The minimum atomic E-state index is -0.433. The Morgan fingerprint density at radius 3 is 3.19 bits per heavy atom. The minimum Gasteiger partial charge on any atom is -0.354 e. The summed E-state index contributed by atoms with van der Waals surface area (Å²) in [5.41, 5.74) is 5.69. The Bertz CT molecular complexity index is 304. The molecule has 1 atom stereocenters. The van der Waals surface area contributed by atoms with Gasteiger partial charge in [0.25, 0.3) is 0 Å². The van der Waals surface area contributed by atoms with E-state index >= 15 is 0 Å². The Balaban J connectivity index is 2.14. The Morgan fingerprint density at radius 2 is 2.56 bits per heavy atom. The van der Waals surface area contributed by atoms with Gasteiger partial charge < -0.3 is 15.6 Å². The largest absolute Gasteiger partial charge is 0.354 e. The summed E-state index contributed by atoms with van der Waals surface area (Å²) in [7, 11) is 0. The van der Waals surface area contributed by atoms with Crippen LogP contribution >= 0.6 is 11.8 Å². The molecule has 7 heteroatoms. The monoisotopic (exact) mass is 244 g/mol. The van der Waals surface area contributed by atoms with Crippen LogP contribution in [-0.2, 0) is 11.2 Å². The molecule has 1 rings (SSSR count). The van der Waals surface area contributed by atoms with Gasteiger partial charge in [0.15, 0.2) is 5.82 Å². The lowest BCUT2D eigenvalue weighted by atomic mass is 10.2. The molecule has 0 bridgehead atoms. The normalized spacial score (nSPS) is 12.4. The summed E-state index contributed by atoms with van der Waals surface area (Å²) in [6, 6.07) is -0.433. The summed E-state index contributed by atoms with van der Waals surface area (Å²) in [4.78, 5) is 15.3. The molecular formula is C9H16N4O2S. The van der Waals surface area contributed by atoms with Crippen LogP contribution in [-0.4, -0.2) is 40.6 Å². The minimum absolute atomic E-state index is 0.127.